The van der Waals surface area contributed by atoms with Gasteiger partial charge < -0.3 is 14.2 Å². The van der Waals surface area contributed by atoms with Crippen molar-refractivity contribution in [1.82, 2.24) is 9.13 Å². The van der Waals surface area contributed by atoms with Crippen LogP contribution in [0.3, 0.4) is 0 Å². The van der Waals surface area contributed by atoms with E-state index in [1.807, 2.05) is 30.2 Å². The van der Waals surface area contributed by atoms with Gasteiger partial charge in [0, 0.05) is 44.5 Å². The van der Waals surface area contributed by atoms with Crippen LogP contribution in [0, 0.1) is 0 Å². The van der Waals surface area contributed by atoms with Crippen LogP contribution < -0.4 is 20.9 Å². The van der Waals surface area contributed by atoms with E-state index in [0.29, 0.717) is 23.9 Å². The zero-order chi connectivity index (χ0) is 17.4. The molecule has 2 heterocycles. The second-order valence-corrected chi connectivity index (χ2v) is 6.25. The van der Waals surface area contributed by atoms with Gasteiger partial charge in [-0.1, -0.05) is 11.6 Å². The quantitative estimate of drug-likeness (QED) is 0.847. The maximum atomic E-state index is 12.4. The fourth-order valence-electron chi connectivity index (χ4n) is 2.76. The van der Waals surface area contributed by atoms with Gasteiger partial charge in [-0.3, -0.25) is 9.36 Å². The second kappa shape index (κ2) is 6.20. The van der Waals surface area contributed by atoms with E-state index in [1.54, 1.807) is 19.3 Å². The zero-order valence-electron chi connectivity index (χ0n) is 13.7. The van der Waals surface area contributed by atoms with Gasteiger partial charge in [-0.2, -0.15) is 0 Å². The number of halogens is 1. The van der Waals surface area contributed by atoms with Crippen molar-refractivity contribution in [1.29, 1.82) is 0 Å². The molecule has 0 unspecified atom stereocenters. The largest absolute Gasteiger partial charge is 0.489 e. The summed E-state index contributed by atoms with van der Waals surface area (Å²) in [6.07, 6.45) is 3.53. The molecule has 24 heavy (non-hydrogen) atoms. The first-order valence-electron chi connectivity index (χ1n) is 7.48. The number of anilines is 1. The summed E-state index contributed by atoms with van der Waals surface area (Å²) in [6, 6.07) is 5.49. The number of aromatic nitrogens is 2. The van der Waals surface area contributed by atoms with Gasteiger partial charge in [-0.15, -0.1) is 0 Å². The normalized spacial score (nSPS) is 13.1. The lowest BCUT2D eigenvalue weighted by Crippen LogP contribution is -2.40. The van der Waals surface area contributed by atoms with Crippen LogP contribution in [0.25, 0.3) is 5.57 Å². The van der Waals surface area contributed by atoms with E-state index in [4.69, 9.17) is 16.3 Å². The predicted octanol–water partition coefficient (Wildman–Crippen LogP) is 1.65. The van der Waals surface area contributed by atoms with Crippen molar-refractivity contribution in [2.24, 2.45) is 14.1 Å². The molecule has 1 aliphatic rings. The van der Waals surface area contributed by atoms with Crippen LogP contribution in [0.15, 0.2) is 40.1 Å². The Labute approximate surface area is 144 Å². The van der Waals surface area contributed by atoms with Crippen LogP contribution in [0.5, 0.6) is 5.75 Å². The predicted molar refractivity (Wildman–Crippen MR) is 95.1 cm³/mol. The lowest BCUT2D eigenvalue weighted by molar-refractivity contribution is 0.357. The summed E-state index contributed by atoms with van der Waals surface area (Å²) in [5, 5.41) is 0.630. The smallest absolute Gasteiger partial charge is 0.330 e. The number of nitrogens with zero attached hydrogens (tertiary/aromatic N) is 3. The zero-order valence-corrected chi connectivity index (χ0v) is 14.5. The van der Waals surface area contributed by atoms with Gasteiger partial charge in [0.15, 0.2) is 0 Å². The molecule has 7 heteroatoms. The Balaban J connectivity index is 1.96. The van der Waals surface area contributed by atoms with Gasteiger partial charge in [0.1, 0.15) is 18.0 Å². The molecular weight excluding hydrogens is 330 g/mol. The second-order valence-electron chi connectivity index (χ2n) is 5.81. The highest BCUT2D eigenvalue weighted by atomic mass is 35.5. The van der Waals surface area contributed by atoms with Crippen molar-refractivity contribution in [3.63, 3.8) is 0 Å². The standard InChI is InChI=1S/C17H18ClN3O3/c1-19(14-10-20(2)17(23)21(3)16(14)22)9-11-6-7-24-15-5-4-12(18)8-13(11)15/h4-6,8,10H,7,9H2,1-3H3. The molecule has 6 nitrogen and oxygen atoms in total. The SMILES string of the molecule is CN(CC1=CCOc2ccc(Cl)cc21)c1cn(C)c(=O)n(C)c1=O. The van der Waals surface area contributed by atoms with Crippen molar-refractivity contribution in [2.75, 3.05) is 25.1 Å². The molecule has 1 aromatic carbocycles. The Morgan fingerprint density at radius 3 is 2.79 bits per heavy atom. The third-order valence-corrected chi connectivity index (χ3v) is 4.34. The Bertz CT molecular complexity index is 943. The van der Waals surface area contributed by atoms with Gasteiger partial charge in [-0.25, -0.2) is 4.79 Å². The van der Waals surface area contributed by atoms with E-state index in [9.17, 15) is 9.59 Å². The highest BCUT2D eigenvalue weighted by Gasteiger charge is 2.18. The first kappa shape index (κ1) is 16.4. The van der Waals surface area contributed by atoms with Gasteiger partial charge in [0.2, 0.25) is 0 Å². The fraction of sp³-hybridized carbons (Fsp3) is 0.294. The summed E-state index contributed by atoms with van der Waals surface area (Å²) in [7, 11) is 4.93. The number of rotatable bonds is 3. The van der Waals surface area contributed by atoms with Gasteiger partial charge in [0.25, 0.3) is 5.56 Å². The first-order chi connectivity index (χ1) is 11.4. The van der Waals surface area contributed by atoms with Gasteiger partial charge in [0.05, 0.1) is 0 Å². The summed E-state index contributed by atoms with van der Waals surface area (Å²) in [6.45, 7) is 0.979. The molecule has 0 atom stereocenters. The molecule has 0 fully saturated rings. The number of ether oxygens (including phenoxy) is 1. The summed E-state index contributed by atoms with van der Waals surface area (Å²) in [5.41, 5.74) is 1.73. The fourth-order valence-corrected chi connectivity index (χ4v) is 2.93. The van der Waals surface area contributed by atoms with E-state index in [1.165, 1.54) is 11.6 Å². The first-order valence-corrected chi connectivity index (χ1v) is 7.86. The van der Waals surface area contributed by atoms with Crippen molar-refractivity contribution >= 4 is 22.9 Å². The molecule has 2 aromatic rings. The van der Waals surface area contributed by atoms with Crippen LogP contribution >= 0.6 is 11.6 Å². The van der Waals surface area contributed by atoms with Crippen LogP contribution in [0.2, 0.25) is 5.02 Å². The average Bonchev–Trinajstić information content (AvgIpc) is 2.56. The Hall–Kier alpha value is -2.47. The molecule has 0 radical (unpaired) electrons. The number of hydrogen-bond acceptors (Lipinski definition) is 4. The topological polar surface area (TPSA) is 56.5 Å². The average molecular weight is 348 g/mol. The lowest BCUT2D eigenvalue weighted by atomic mass is 10.0. The molecule has 0 saturated heterocycles. The molecule has 0 spiro atoms. The number of fused-ring (bicyclic) bond motifs is 1. The van der Waals surface area contributed by atoms with Crippen molar-refractivity contribution in [3.8, 4) is 5.75 Å². The maximum absolute atomic E-state index is 12.4. The Morgan fingerprint density at radius 1 is 1.29 bits per heavy atom. The maximum Gasteiger partial charge on any atom is 0.330 e. The number of likely N-dealkylation sites (N-methyl/N-ethyl adjacent to an activating group) is 1. The molecule has 0 N–H and O–H groups in total. The molecule has 0 saturated carbocycles. The minimum absolute atomic E-state index is 0.320. The molecule has 126 valence electrons. The minimum Gasteiger partial charge on any atom is -0.489 e. The van der Waals surface area contributed by atoms with Crippen molar-refractivity contribution in [3.05, 3.63) is 61.9 Å². The molecule has 0 amide bonds. The molecule has 0 bridgehead atoms. The lowest BCUT2D eigenvalue weighted by Gasteiger charge is -2.25. The number of aryl methyl sites for hydroxylation is 1. The Kier molecular flexibility index (Phi) is 4.24. The van der Waals surface area contributed by atoms with E-state index >= 15 is 0 Å². The molecule has 3 rings (SSSR count). The summed E-state index contributed by atoms with van der Waals surface area (Å²) in [5.74, 6) is 0.777. The third-order valence-electron chi connectivity index (χ3n) is 4.10. The van der Waals surface area contributed by atoms with E-state index in [-0.39, 0.29) is 11.2 Å². The summed E-state index contributed by atoms with van der Waals surface area (Å²) in [4.78, 5) is 26.0. The van der Waals surface area contributed by atoms with Gasteiger partial charge in [-0.05, 0) is 29.8 Å². The number of hydrogen-bond donors (Lipinski definition) is 0. The molecular formula is C17H18ClN3O3. The Morgan fingerprint density at radius 2 is 2.04 bits per heavy atom. The summed E-state index contributed by atoms with van der Waals surface area (Å²) < 4.78 is 8.11. The van der Waals surface area contributed by atoms with Crippen molar-refractivity contribution in [2.45, 2.75) is 0 Å². The monoisotopic (exact) mass is 347 g/mol. The molecule has 0 aliphatic carbocycles. The highest BCUT2D eigenvalue weighted by molar-refractivity contribution is 6.30. The van der Waals surface area contributed by atoms with Gasteiger partial charge >= 0.3 is 5.69 Å². The van der Waals surface area contributed by atoms with Crippen LogP contribution in [-0.4, -0.2) is 29.3 Å². The van der Waals surface area contributed by atoms with Crippen molar-refractivity contribution < 1.29 is 4.74 Å². The molecule has 1 aliphatic heterocycles. The van der Waals surface area contributed by atoms with E-state index in [0.717, 1.165) is 21.5 Å². The van der Waals surface area contributed by atoms with E-state index < -0.39 is 0 Å². The summed E-state index contributed by atoms with van der Waals surface area (Å²) >= 11 is 6.09. The van der Waals surface area contributed by atoms with Crippen LogP contribution in [0.1, 0.15) is 5.56 Å². The van der Waals surface area contributed by atoms with Crippen LogP contribution in [0.4, 0.5) is 5.69 Å². The van der Waals surface area contributed by atoms with E-state index in [2.05, 4.69) is 0 Å². The molecule has 1 aromatic heterocycles. The minimum atomic E-state index is -0.348. The third kappa shape index (κ3) is 2.85. The van der Waals surface area contributed by atoms with Crippen LogP contribution in [-0.2, 0) is 14.1 Å². The number of benzene rings is 1. The highest BCUT2D eigenvalue weighted by Crippen LogP contribution is 2.32.